The summed E-state index contributed by atoms with van der Waals surface area (Å²) < 4.78 is 5.12. The highest BCUT2D eigenvalue weighted by Crippen LogP contribution is 2.32. The maximum atomic E-state index is 12.5. The van der Waals surface area contributed by atoms with Gasteiger partial charge in [-0.2, -0.15) is 0 Å². The molecule has 0 saturated carbocycles. The standard InChI is InChI=1S/C21H33NO6/c1-5-7-8-9-16(19(25)26)14-21(3,4)17(20(27)28-13-12-22)11-10-15(6-2)18(23)24/h10-11,14H,5-9,12-13,22H2,1-4H3,(H,23,24)(H,25,26). The summed E-state index contributed by atoms with van der Waals surface area (Å²) in [5.41, 5.74) is 4.92. The Balaban J connectivity index is 6.06. The lowest BCUT2D eigenvalue weighted by atomic mass is 9.81. The van der Waals surface area contributed by atoms with Gasteiger partial charge in [0.1, 0.15) is 6.61 Å². The molecule has 0 amide bonds. The predicted octanol–water partition coefficient (Wildman–Crippen LogP) is 3.45. The first-order valence-corrected chi connectivity index (χ1v) is 9.57. The molecule has 0 saturated heterocycles. The normalized spacial score (nSPS) is 13.4. The van der Waals surface area contributed by atoms with E-state index in [1.165, 1.54) is 12.2 Å². The van der Waals surface area contributed by atoms with Crippen LogP contribution in [0.3, 0.4) is 0 Å². The fraction of sp³-hybridized carbons (Fsp3) is 0.571. The number of hydrogen-bond donors (Lipinski definition) is 3. The van der Waals surface area contributed by atoms with Gasteiger partial charge in [0.2, 0.25) is 0 Å². The van der Waals surface area contributed by atoms with Crippen LogP contribution in [0.1, 0.15) is 59.8 Å². The quantitative estimate of drug-likeness (QED) is 0.189. The lowest BCUT2D eigenvalue weighted by molar-refractivity contribution is -0.140. The number of carbonyl (C=O) groups excluding carboxylic acids is 1. The molecule has 0 bridgehead atoms. The largest absolute Gasteiger partial charge is 0.478 e. The highest BCUT2D eigenvalue weighted by Gasteiger charge is 2.29. The van der Waals surface area contributed by atoms with E-state index in [2.05, 4.69) is 0 Å². The van der Waals surface area contributed by atoms with Crippen molar-refractivity contribution in [2.75, 3.05) is 13.2 Å². The zero-order valence-corrected chi connectivity index (χ0v) is 17.3. The van der Waals surface area contributed by atoms with E-state index in [1.54, 1.807) is 26.8 Å². The molecule has 0 aliphatic rings. The zero-order valence-electron chi connectivity index (χ0n) is 17.3. The Morgan fingerprint density at radius 3 is 2.07 bits per heavy atom. The number of rotatable bonds is 13. The smallest absolute Gasteiger partial charge is 0.334 e. The number of carbonyl (C=O) groups is 3. The summed E-state index contributed by atoms with van der Waals surface area (Å²) in [6, 6.07) is 0. The Labute approximate surface area is 166 Å². The van der Waals surface area contributed by atoms with Crippen LogP contribution >= 0.6 is 0 Å². The van der Waals surface area contributed by atoms with E-state index in [0.29, 0.717) is 6.42 Å². The van der Waals surface area contributed by atoms with Crippen LogP contribution < -0.4 is 5.73 Å². The van der Waals surface area contributed by atoms with E-state index in [4.69, 9.17) is 10.5 Å². The number of nitrogens with two attached hydrogens (primary N) is 1. The minimum absolute atomic E-state index is 0.0154. The van der Waals surface area contributed by atoms with Gasteiger partial charge in [-0.3, -0.25) is 0 Å². The van der Waals surface area contributed by atoms with Gasteiger partial charge >= 0.3 is 17.9 Å². The summed E-state index contributed by atoms with van der Waals surface area (Å²) in [5.74, 6) is -2.76. The number of carboxylic acid groups (broad SMARTS) is 2. The summed E-state index contributed by atoms with van der Waals surface area (Å²) in [6.07, 6.45) is 7.58. The molecule has 0 unspecified atom stereocenters. The third-order valence-electron chi connectivity index (χ3n) is 4.23. The van der Waals surface area contributed by atoms with E-state index in [9.17, 15) is 24.6 Å². The van der Waals surface area contributed by atoms with E-state index in [0.717, 1.165) is 19.3 Å². The SMILES string of the molecule is CCCCCC(=CC(C)(C)C(=CC=C(CC)C(=O)O)C(=O)OCCN)C(=O)O. The van der Waals surface area contributed by atoms with Crippen molar-refractivity contribution < 1.29 is 29.3 Å². The average Bonchev–Trinajstić information content (AvgIpc) is 2.61. The number of unbranched alkanes of at least 4 members (excludes halogenated alkanes) is 2. The third kappa shape index (κ3) is 8.99. The van der Waals surface area contributed by atoms with Crippen LogP contribution in [-0.2, 0) is 19.1 Å². The molecule has 158 valence electrons. The molecule has 0 heterocycles. The van der Waals surface area contributed by atoms with Crippen LogP contribution in [0.2, 0.25) is 0 Å². The van der Waals surface area contributed by atoms with E-state index < -0.39 is 23.3 Å². The topological polar surface area (TPSA) is 127 Å². The summed E-state index contributed by atoms with van der Waals surface area (Å²) in [4.78, 5) is 35.4. The van der Waals surface area contributed by atoms with Gasteiger partial charge in [0.25, 0.3) is 0 Å². The molecule has 0 rings (SSSR count). The van der Waals surface area contributed by atoms with E-state index in [-0.39, 0.29) is 36.3 Å². The van der Waals surface area contributed by atoms with Crippen molar-refractivity contribution in [2.24, 2.45) is 11.1 Å². The minimum atomic E-state index is -1.08. The second-order valence-corrected chi connectivity index (χ2v) is 7.01. The number of allylic oxidation sites excluding steroid dienone is 3. The molecule has 7 nitrogen and oxygen atoms in total. The maximum absolute atomic E-state index is 12.5. The zero-order chi connectivity index (χ0) is 21.7. The summed E-state index contributed by atoms with van der Waals surface area (Å²) >= 11 is 0. The molecule has 0 aliphatic carbocycles. The molecule has 0 spiro atoms. The molecule has 0 aromatic carbocycles. The van der Waals surface area contributed by atoms with Crippen LogP contribution in [0.25, 0.3) is 0 Å². The molecule has 4 N–H and O–H groups in total. The van der Waals surface area contributed by atoms with Crippen molar-refractivity contribution in [1.29, 1.82) is 0 Å². The predicted molar refractivity (Wildman–Crippen MR) is 108 cm³/mol. The van der Waals surface area contributed by atoms with Crippen molar-refractivity contribution in [3.63, 3.8) is 0 Å². The molecule has 0 atom stereocenters. The molecule has 0 aliphatic heterocycles. The van der Waals surface area contributed by atoms with Crippen molar-refractivity contribution in [3.05, 3.63) is 34.9 Å². The lowest BCUT2D eigenvalue weighted by Gasteiger charge is -2.24. The first-order valence-electron chi connectivity index (χ1n) is 9.57. The Kier molecular flexibility index (Phi) is 11.8. The second-order valence-electron chi connectivity index (χ2n) is 7.01. The summed E-state index contributed by atoms with van der Waals surface area (Å²) in [7, 11) is 0. The van der Waals surface area contributed by atoms with Crippen LogP contribution in [0, 0.1) is 5.41 Å². The van der Waals surface area contributed by atoms with Crippen LogP contribution in [-0.4, -0.2) is 41.3 Å². The maximum Gasteiger partial charge on any atom is 0.334 e. The molecule has 7 heteroatoms. The molecular formula is C21H33NO6. The number of hydrogen-bond acceptors (Lipinski definition) is 5. The lowest BCUT2D eigenvalue weighted by Crippen LogP contribution is -2.24. The van der Waals surface area contributed by atoms with Crippen LogP contribution in [0.15, 0.2) is 34.9 Å². The molecule has 0 aromatic rings. The van der Waals surface area contributed by atoms with Crippen molar-refractivity contribution in [1.82, 2.24) is 0 Å². The second kappa shape index (κ2) is 12.9. The highest BCUT2D eigenvalue weighted by molar-refractivity contribution is 5.93. The van der Waals surface area contributed by atoms with E-state index >= 15 is 0 Å². The van der Waals surface area contributed by atoms with Crippen LogP contribution in [0.4, 0.5) is 0 Å². The van der Waals surface area contributed by atoms with Crippen molar-refractivity contribution in [3.8, 4) is 0 Å². The molecule has 0 radical (unpaired) electrons. The molecular weight excluding hydrogens is 362 g/mol. The fourth-order valence-electron chi connectivity index (χ4n) is 2.62. The van der Waals surface area contributed by atoms with Crippen LogP contribution in [0.5, 0.6) is 0 Å². The van der Waals surface area contributed by atoms with Gasteiger partial charge in [-0.1, -0.05) is 58.8 Å². The number of ether oxygens (including phenoxy) is 1. The number of aliphatic carboxylic acids is 2. The average molecular weight is 395 g/mol. The van der Waals surface area contributed by atoms with Gasteiger partial charge in [0, 0.05) is 28.7 Å². The summed E-state index contributed by atoms with van der Waals surface area (Å²) in [5, 5.41) is 18.7. The summed E-state index contributed by atoms with van der Waals surface area (Å²) in [6.45, 7) is 7.29. The Morgan fingerprint density at radius 1 is 1.00 bits per heavy atom. The van der Waals surface area contributed by atoms with E-state index in [1.807, 2.05) is 6.92 Å². The van der Waals surface area contributed by atoms with Gasteiger partial charge in [-0.05, 0) is 19.3 Å². The molecule has 0 aromatic heterocycles. The Morgan fingerprint density at radius 2 is 1.61 bits per heavy atom. The molecule has 0 fully saturated rings. The van der Waals surface area contributed by atoms with Crippen molar-refractivity contribution >= 4 is 17.9 Å². The minimum Gasteiger partial charge on any atom is -0.478 e. The Hall–Kier alpha value is -2.41. The third-order valence-corrected chi connectivity index (χ3v) is 4.23. The Bertz CT molecular complexity index is 643. The van der Waals surface area contributed by atoms with Gasteiger partial charge in [0.15, 0.2) is 0 Å². The highest BCUT2D eigenvalue weighted by atomic mass is 16.5. The van der Waals surface area contributed by atoms with Gasteiger partial charge < -0.3 is 20.7 Å². The monoisotopic (exact) mass is 395 g/mol. The number of esters is 1. The fourth-order valence-corrected chi connectivity index (χ4v) is 2.62. The number of carboxylic acids is 2. The van der Waals surface area contributed by atoms with Gasteiger partial charge in [-0.15, -0.1) is 0 Å². The van der Waals surface area contributed by atoms with Gasteiger partial charge in [0.05, 0.1) is 0 Å². The van der Waals surface area contributed by atoms with Gasteiger partial charge in [-0.25, -0.2) is 14.4 Å². The first-order chi connectivity index (χ1) is 13.1. The molecule has 28 heavy (non-hydrogen) atoms. The van der Waals surface area contributed by atoms with Crippen molar-refractivity contribution in [2.45, 2.75) is 59.8 Å². The first kappa shape index (κ1) is 25.6.